The number of anilines is 2. The highest BCUT2D eigenvalue weighted by atomic mass is 32.2. The Morgan fingerprint density at radius 3 is 2.11 bits per heavy atom. The Morgan fingerprint density at radius 2 is 1.61 bits per heavy atom. The van der Waals surface area contributed by atoms with Gasteiger partial charge in [-0.2, -0.15) is 0 Å². The minimum atomic E-state index is -3.74. The maximum Gasteiger partial charge on any atom is 0.248 e. The average Bonchev–Trinajstić information content (AvgIpc) is 2.57. The molecule has 0 saturated carbocycles. The number of nitrogens with one attached hydrogen (secondary N) is 1. The first-order valence-corrected chi connectivity index (χ1v) is 10.8. The summed E-state index contributed by atoms with van der Waals surface area (Å²) < 4.78 is 31.6. The van der Waals surface area contributed by atoms with Crippen LogP contribution in [0, 0.1) is 27.7 Å². The third kappa shape index (κ3) is 4.65. The molecule has 0 spiro atoms. The van der Waals surface area contributed by atoms with E-state index in [0.717, 1.165) is 32.8 Å². The van der Waals surface area contributed by atoms with Crippen LogP contribution in [-0.4, -0.2) is 33.7 Å². The summed E-state index contributed by atoms with van der Waals surface area (Å²) in [6.07, 6.45) is 1.08. The fourth-order valence-electron chi connectivity index (χ4n) is 3.36. The van der Waals surface area contributed by atoms with Crippen molar-refractivity contribution in [3.8, 4) is 5.75 Å². The van der Waals surface area contributed by atoms with E-state index < -0.39 is 22.0 Å². The number of methoxy groups -OCH3 is 1. The molecule has 7 heteroatoms. The number of nitrogens with zero attached hydrogens (tertiary/aromatic N) is 1. The third-order valence-electron chi connectivity index (χ3n) is 4.59. The number of sulfonamides is 1. The second kappa shape index (κ2) is 8.22. The van der Waals surface area contributed by atoms with Crippen molar-refractivity contribution in [1.82, 2.24) is 0 Å². The summed E-state index contributed by atoms with van der Waals surface area (Å²) in [5.41, 5.74) is 4.86. The Hall–Kier alpha value is -2.54. The van der Waals surface area contributed by atoms with E-state index in [9.17, 15) is 13.2 Å². The van der Waals surface area contributed by atoms with Crippen LogP contribution in [0.3, 0.4) is 0 Å². The Morgan fingerprint density at radius 1 is 1.04 bits per heavy atom. The monoisotopic (exact) mass is 404 g/mol. The van der Waals surface area contributed by atoms with E-state index in [0.29, 0.717) is 17.1 Å². The van der Waals surface area contributed by atoms with Gasteiger partial charge in [-0.15, -0.1) is 0 Å². The van der Waals surface area contributed by atoms with Gasteiger partial charge in [-0.1, -0.05) is 23.8 Å². The lowest BCUT2D eigenvalue weighted by Crippen LogP contribution is -2.45. The molecule has 0 fully saturated rings. The van der Waals surface area contributed by atoms with Crippen LogP contribution >= 0.6 is 0 Å². The number of hydrogen-bond donors (Lipinski definition) is 1. The first kappa shape index (κ1) is 21.8. The number of rotatable bonds is 6. The molecule has 0 aliphatic carbocycles. The molecule has 1 N–H and O–H groups in total. The first-order chi connectivity index (χ1) is 13.0. The van der Waals surface area contributed by atoms with Gasteiger partial charge < -0.3 is 10.1 Å². The summed E-state index contributed by atoms with van der Waals surface area (Å²) in [4.78, 5) is 13.0. The van der Waals surface area contributed by atoms with Gasteiger partial charge >= 0.3 is 0 Å². The molecule has 2 aromatic rings. The minimum Gasteiger partial charge on any atom is -0.495 e. The predicted molar refractivity (Wildman–Crippen MR) is 114 cm³/mol. The van der Waals surface area contributed by atoms with Gasteiger partial charge in [0.2, 0.25) is 15.9 Å². The largest absolute Gasteiger partial charge is 0.495 e. The zero-order valence-electron chi connectivity index (χ0n) is 17.5. The Kier molecular flexibility index (Phi) is 6.39. The Labute approximate surface area is 167 Å². The number of aryl methyl sites for hydroxylation is 4. The van der Waals surface area contributed by atoms with Crippen molar-refractivity contribution < 1.29 is 17.9 Å². The molecule has 1 atom stereocenters. The number of hydrogen-bond acceptors (Lipinski definition) is 4. The quantitative estimate of drug-likeness (QED) is 0.796. The van der Waals surface area contributed by atoms with Gasteiger partial charge in [-0.05, 0) is 63.4 Å². The zero-order valence-corrected chi connectivity index (χ0v) is 18.3. The molecule has 1 amide bonds. The minimum absolute atomic E-state index is 0.338. The van der Waals surface area contributed by atoms with Crippen molar-refractivity contribution in [2.45, 2.75) is 40.7 Å². The smallest absolute Gasteiger partial charge is 0.248 e. The molecule has 0 unspecified atom stereocenters. The highest BCUT2D eigenvalue weighted by Crippen LogP contribution is 2.33. The normalized spacial score (nSPS) is 12.4. The van der Waals surface area contributed by atoms with Crippen LogP contribution in [0.1, 0.15) is 29.2 Å². The summed E-state index contributed by atoms with van der Waals surface area (Å²) >= 11 is 0. The van der Waals surface area contributed by atoms with E-state index in [1.165, 1.54) is 7.11 Å². The van der Waals surface area contributed by atoms with Crippen LogP contribution in [0.5, 0.6) is 5.75 Å². The van der Waals surface area contributed by atoms with E-state index >= 15 is 0 Å². The molecule has 0 aromatic heterocycles. The summed E-state index contributed by atoms with van der Waals surface area (Å²) in [7, 11) is -2.27. The van der Waals surface area contributed by atoms with Crippen molar-refractivity contribution in [2.75, 3.05) is 23.0 Å². The van der Waals surface area contributed by atoms with Gasteiger partial charge in [0.15, 0.2) is 0 Å². The summed E-state index contributed by atoms with van der Waals surface area (Å²) in [6.45, 7) is 9.24. The third-order valence-corrected chi connectivity index (χ3v) is 5.81. The molecule has 0 radical (unpaired) electrons. The first-order valence-electron chi connectivity index (χ1n) is 8.98. The van der Waals surface area contributed by atoms with Crippen molar-refractivity contribution in [2.24, 2.45) is 0 Å². The molecule has 2 rings (SSSR count). The van der Waals surface area contributed by atoms with E-state index in [1.807, 2.05) is 45.9 Å². The van der Waals surface area contributed by atoms with Crippen molar-refractivity contribution >= 4 is 27.3 Å². The number of carbonyl (C=O) groups excluding carboxylic acids is 1. The van der Waals surface area contributed by atoms with Crippen LogP contribution in [-0.2, 0) is 14.8 Å². The van der Waals surface area contributed by atoms with Gasteiger partial charge in [0.05, 0.1) is 19.1 Å². The molecule has 0 saturated heterocycles. The lowest BCUT2D eigenvalue weighted by atomic mass is 10.0. The van der Waals surface area contributed by atoms with Crippen molar-refractivity contribution in [1.29, 1.82) is 0 Å². The van der Waals surface area contributed by atoms with Gasteiger partial charge in [-0.3, -0.25) is 9.10 Å². The SMILES string of the molecule is COc1ccc(C)cc1N([C@H](C)C(=O)Nc1c(C)cc(C)cc1C)S(C)(=O)=O. The second-order valence-electron chi connectivity index (χ2n) is 7.17. The Bertz CT molecular complexity index is 976. The number of benzene rings is 2. The van der Waals surface area contributed by atoms with E-state index in [4.69, 9.17) is 4.74 Å². The van der Waals surface area contributed by atoms with Gasteiger partial charge in [0.25, 0.3) is 0 Å². The van der Waals surface area contributed by atoms with Crippen LogP contribution in [0.15, 0.2) is 30.3 Å². The highest BCUT2D eigenvalue weighted by molar-refractivity contribution is 7.92. The van der Waals surface area contributed by atoms with Crippen LogP contribution in [0.25, 0.3) is 0 Å². The number of amides is 1. The topological polar surface area (TPSA) is 75.7 Å². The van der Waals surface area contributed by atoms with Gasteiger partial charge in [-0.25, -0.2) is 8.42 Å². The fraction of sp³-hybridized carbons (Fsp3) is 0.381. The zero-order chi connectivity index (χ0) is 21.2. The molecule has 152 valence electrons. The average molecular weight is 405 g/mol. The molecule has 0 aliphatic heterocycles. The molecule has 0 heterocycles. The maximum absolute atomic E-state index is 13.0. The van der Waals surface area contributed by atoms with Crippen LogP contribution in [0.2, 0.25) is 0 Å². The molecular weight excluding hydrogens is 376 g/mol. The van der Waals surface area contributed by atoms with Gasteiger partial charge in [0, 0.05) is 5.69 Å². The molecule has 6 nitrogen and oxygen atoms in total. The van der Waals surface area contributed by atoms with E-state index in [2.05, 4.69) is 5.32 Å². The standard InChI is InChI=1S/C21H28N2O4S/c1-13-8-9-19(27-6)18(12-13)23(28(7,25)26)17(5)21(24)22-20-15(3)10-14(2)11-16(20)4/h8-12,17H,1-7H3,(H,22,24)/t17-/m1/s1. The second-order valence-corrected chi connectivity index (χ2v) is 9.03. The summed E-state index contributed by atoms with van der Waals surface area (Å²) in [5.74, 6) is -0.0255. The number of ether oxygens (including phenoxy) is 1. The molecule has 2 aromatic carbocycles. The molecule has 0 bridgehead atoms. The van der Waals surface area contributed by atoms with E-state index in [1.54, 1.807) is 19.1 Å². The van der Waals surface area contributed by atoms with E-state index in [-0.39, 0.29) is 0 Å². The predicted octanol–water partition coefficient (Wildman–Crippen LogP) is 3.72. The molecule has 28 heavy (non-hydrogen) atoms. The molecular formula is C21H28N2O4S. The summed E-state index contributed by atoms with van der Waals surface area (Å²) in [5, 5.41) is 2.89. The Balaban J connectivity index is 2.46. The van der Waals surface area contributed by atoms with Gasteiger partial charge in [0.1, 0.15) is 11.8 Å². The van der Waals surface area contributed by atoms with Crippen LogP contribution in [0.4, 0.5) is 11.4 Å². The lowest BCUT2D eigenvalue weighted by Gasteiger charge is -2.30. The summed E-state index contributed by atoms with van der Waals surface area (Å²) in [6, 6.07) is 8.21. The maximum atomic E-state index is 13.0. The highest BCUT2D eigenvalue weighted by Gasteiger charge is 2.31. The van der Waals surface area contributed by atoms with Crippen molar-refractivity contribution in [3.05, 3.63) is 52.6 Å². The van der Waals surface area contributed by atoms with Crippen molar-refractivity contribution in [3.63, 3.8) is 0 Å². The number of carbonyl (C=O) groups is 1. The lowest BCUT2D eigenvalue weighted by molar-refractivity contribution is -0.116. The molecule has 0 aliphatic rings. The fourth-order valence-corrected chi connectivity index (χ4v) is 4.53. The van der Waals surface area contributed by atoms with Crippen LogP contribution < -0.4 is 14.4 Å².